The number of alkyl halides is 2. The maximum atomic E-state index is 13.2. The highest BCUT2D eigenvalue weighted by Crippen LogP contribution is 2.34. The van der Waals surface area contributed by atoms with Crippen LogP contribution in [0.5, 0.6) is 5.75 Å². The van der Waals surface area contributed by atoms with Gasteiger partial charge in [0.25, 0.3) is 0 Å². The van der Waals surface area contributed by atoms with Gasteiger partial charge in [-0.25, -0.2) is 14.4 Å². The molecule has 0 saturated carbocycles. The summed E-state index contributed by atoms with van der Waals surface area (Å²) in [5, 5.41) is 6.01. The Morgan fingerprint density at radius 1 is 1.19 bits per heavy atom. The Morgan fingerprint density at radius 3 is 2.61 bits per heavy atom. The zero-order valence-corrected chi connectivity index (χ0v) is 16.8. The predicted molar refractivity (Wildman–Crippen MR) is 112 cm³/mol. The number of carbonyl (C=O) groups is 1. The molecule has 1 amide bonds. The Morgan fingerprint density at radius 2 is 1.94 bits per heavy atom. The van der Waals surface area contributed by atoms with Crippen molar-refractivity contribution < 1.29 is 22.7 Å². The molecule has 10 heteroatoms. The molecule has 0 aliphatic heterocycles. The molecule has 0 atom stereocenters. The zero-order chi connectivity index (χ0) is 22.4. The second-order valence-electron chi connectivity index (χ2n) is 6.75. The van der Waals surface area contributed by atoms with Gasteiger partial charge in [0, 0.05) is 29.8 Å². The highest BCUT2D eigenvalue weighted by Gasteiger charge is 2.16. The second kappa shape index (κ2) is 9.90. The van der Waals surface area contributed by atoms with Crippen LogP contribution in [0.1, 0.15) is 0 Å². The number of rotatable bonds is 8. The van der Waals surface area contributed by atoms with Gasteiger partial charge in [0.05, 0.1) is 11.2 Å². The molecule has 0 unspecified atom stereocenters. The van der Waals surface area contributed by atoms with Crippen molar-refractivity contribution in [3.8, 4) is 5.75 Å². The molecule has 0 aliphatic rings. The van der Waals surface area contributed by atoms with E-state index < -0.39 is 12.5 Å². The number of fused-ring (bicyclic) bond motifs is 1. The summed E-state index contributed by atoms with van der Waals surface area (Å²) < 4.78 is 43.5. The van der Waals surface area contributed by atoms with E-state index in [0.717, 1.165) is 0 Å². The van der Waals surface area contributed by atoms with Crippen molar-refractivity contribution >= 4 is 34.0 Å². The number of likely N-dealkylation sites (N-methyl/N-ethyl adjacent to an activating group) is 1. The fraction of sp³-hybridized carbons (Fsp3) is 0.190. The van der Waals surface area contributed by atoms with E-state index >= 15 is 0 Å². The summed E-state index contributed by atoms with van der Waals surface area (Å²) in [5.41, 5.74) is 0.909. The molecular weight excluding hydrogens is 411 g/mol. The Balaban J connectivity index is 1.97. The molecule has 3 rings (SSSR count). The third-order valence-electron chi connectivity index (χ3n) is 4.06. The quantitative estimate of drug-likeness (QED) is 0.521. The minimum Gasteiger partial charge on any atom is -0.433 e. The van der Waals surface area contributed by atoms with Gasteiger partial charge in [0.1, 0.15) is 18.0 Å². The Labute approximate surface area is 176 Å². The van der Waals surface area contributed by atoms with Crippen LogP contribution in [-0.2, 0) is 4.79 Å². The summed E-state index contributed by atoms with van der Waals surface area (Å²) in [6, 6.07) is 8.35. The lowest BCUT2D eigenvalue weighted by Gasteiger charge is -2.14. The molecule has 2 aromatic carbocycles. The van der Waals surface area contributed by atoms with Gasteiger partial charge in [-0.1, -0.05) is 6.08 Å². The first kappa shape index (κ1) is 22.0. The summed E-state index contributed by atoms with van der Waals surface area (Å²) in [7, 11) is 3.69. The molecule has 7 nitrogen and oxygen atoms in total. The molecule has 0 saturated heterocycles. The topological polar surface area (TPSA) is 79.4 Å². The van der Waals surface area contributed by atoms with E-state index in [1.165, 1.54) is 48.8 Å². The van der Waals surface area contributed by atoms with E-state index in [9.17, 15) is 18.0 Å². The fourth-order valence-electron chi connectivity index (χ4n) is 2.69. The van der Waals surface area contributed by atoms with Gasteiger partial charge in [-0.05, 0) is 44.4 Å². The van der Waals surface area contributed by atoms with E-state index in [4.69, 9.17) is 0 Å². The van der Waals surface area contributed by atoms with Crippen LogP contribution in [0.2, 0.25) is 0 Å². The highest BCUT2D eigenvalue weighted by atomic mass is 19.3. The standard InChI is InChI=1S/C21H20F3N5O2/c1-29(2)9-3-4-19(30)28-17-10-15-16(11-18(17)31-21(23)24)25-12-26-20(15)27-14-7-5-13(22)6-8-14/h3-8,10-12,21H,9H2,1-2H3,(H,28,30)(H,25,26,27)/b4-3+. The SMILES string of the molecule is CN(C)C/C=C/C(=O)Nc1cc2c(Nc3ccc(F)cc3)ncnc2cc1OC(F)F. The van der Waals surface area contributed by atoms with Crippen LogP contribution < -0.4 is 15.4 Å². The first-order valence-electron chi connectivity index (χ1n) is 9.20. The average Bonchev–Trinajstić information content (AvgIpc) is 2.70. The van der Waals surface area contributed by atoms with E-state index in [0.29, 0.717) is 29.0 Å². The fourth-order valence-corrected chi connectivity index (χ4v) is 2.69. The Kier molecular flexibility index (Phi) is 7.03. The number of hydrogen-bond acceptors (Lipinski definition) is 6. The van der Waals surface area contributed by atoms with Crippen molar-refractivity contribution in [2.45, 2.75) is 6.61 Å². The molecule has 0 bridgehead atoms. The van der Waals surface area contributed by atoms with Crippen molar-refractivity contribution in [2.75, 3.05) is 31.3 Å². The van der Waals surface area contributed by atoms with Gasteiger partial charge >= 0.3 is 6.61 Å². The number of ether oxygens (including phenoxy) is 1. The molecule has 31 heavy (non-hydrogen) atoms. The van der Waals surface area contributed by atoms with Crippen LogP contribution in [0.3, 0.4) is 0 Å². The van der Waals surface area contributed by atoms with Crippen molar-refractivity contribution in [1.29, 1.82) is 0 Å². The molecular formula is C21H20F3N5O2. The minimum atomic E-state index is -3.09. The number of carbonyl (C=O) groups excluding carboxylic acids is 1. The molecule has 0 fully saturated rings. The number of hydrogen-bond donors (Lipinski definition) is 2. The van der Waals surface area contributed by atoms with Gasteiger partial charge in [0.15, 0.2) is 5.75 Å². The van der Waals surface area contributed by atoms with Crippen LogP contribution >= 0.6 is 0 Å². The van der Waals surface area contributed by atoms with E-state index in [1.807, 2.05) is 19.0 Å². The first-order valence-corrected chi connectivity index (χ1v) is 9.20. The smallest absolute Gasteiger partial charge is 0.387 e. The number of nitrogens with zero attached hydrogens (tertiary/aromatic N) is 3. The number of anilines is 3. The van der Waals surface area contributed by atoms with Crippen LogP contribution in [0.4, 0.5) is 30.4 Å². The molecule has 2 N–H and O–H groups in total. The number of nitrogens with one attached hydrogen (secondary N) is 2. The van der Waals surface area contributed by atoms with Crippen molar-refractivity contribution in [3.63, 3.8) is 0 Å². The number of amides is 1. The van der Waals surface area contributed by atoms with Crippen LogP contribution in [0.15, 0.2) is 54.9 Å². The third-order valence-corrected chi connectivity index (χ3v) is 4.06. The lowest BCUT2D eigenvalue weighted by Crippen LogP contribution is -2.14. The zero-order valence-electron chi connectivity index (χ0n) is 16.8. The molecule has 0 radical (unpaired) electrons. The summed E-state index contributed by atoms with van der Waals surface area (Å²) in [4.78, 5) is 22.3. The predicted octanol–water partition coefficient (Wildman–Crippen LogP) is 4.17. The van der Waals surface area contributed by atoms with E-state index in [2.05, 4.69) is 25.3 Å². The summed E-state index contributed by atoms with van der Waals surface area (Å²) in [6.45, 7) is -2.55. The van der Waals surface area contributed by atoms with Crippen molar-refractivity contribution in [2.24, 2.45) is 0 Å². The van der Waals surface area contributed by atoms with Gasteiger partial charge in [0.2, 0.25) is 5.91 Å². The third kappa shape index (κ3) is 6.16. The highest BCUT2D eigenvalue weighted by molar-refractivity contribution is 6.03. The number of aromatic nitrogens is 2. The normalized spacial score (nSPS) is 11.5. The molecule has 1 aromatic heterocycles. The molecule has 3 aromatic rings. The summed E-state index contributed by atoms with van der Waals surface area (Å²) in [6.07, 6.45) is 4.19. The van der Waals surface area contributed by atoms with E-state index in [1.54, 1.807) is 6.08 Å². The van der Waals surface area contributed by atoms with Crippen molar-refractivity contribution in [1.82, 2.24) is 14.9 Å². The number of halogens is 3. The average molecular weight is 431 g/mol. The van der Waals surface area contributed by atoms with Gasteiger partial charge in [-0.15, -0.1) is 0 Å². The lowest BCUT2D eigenvalue weighted by atomic mass is 10.1. The maximum absolute atomic E-state index is 13.2. The summed E-state index contributed by atoms with van der Waals surface area (Å²) in [5.74, 6) is -0.786. The van der Waals surface area contributed by atoms with Crippen LogP contribution in [0, 0.1) is 5.82 Å². The van der Waals surface area contributed by atoms with E-state index in [-0.39, 0.29) is 17.3 Å². The maximum Gasteiger partial charge on any atom is 0.387 e. The minimum absolute atomic E-state index is 0.0317. The molecule has 162 valence electrons. The summed E-state index contributed by atoms with van der Waals surface area (Å²) >= 11 is 0. The van der Waals surface area contributed by atoms with Gasteiger partial charge in [-0.2, -0.15) is 8.78 Å². The first-order chi connectivity index (χ1) is 14.8. The van der Waals surface area contributed by atoms with Crippen LogP contribution in [-0.4, -0.2) is 48.0 Å². The number of benzene rings is 2. The van der Waals surface area contributed by atoms with Crippen LogP contribution in [0.25, 0.3) is 10.9 Å². The largest absolute Gasteiger partial charge is 0.433 e. The van der Waals surface area contributed by atoms with Crippen molar-refractivity contribution in [3.05, 3.63) is 60.7 Å². The monoisotopic (exact) mass is 431 g/mol. The van der Waals surface area contributed by atoms with Gasteiger partial charge in [-0.3, -0.25) is 4.79 Å². The second-order valence-corrected chi connectivity index (χ2v) is 6.75. The molecule has 0 spiro atoms. The lowest BCUT2D eigenvalue weighted by molar-refractivity contribution is -0.112. The molecule has 0 aliphatic carbocycles. The Hall–Kier alpha value is -3.66. The van der Waals surface area contributed by atoms with Gasteiger partial charge < -0.3 is 20.3 Å². The molecule has 1 heterocycles. The Bertz CT molecular complexity index is 1090.